The summed E-state index contributed by atoms with van der Waals surface area (Å²) in [6, 6.07) is -8.35. The summed E-state index contributed by atoms with van der Waals surface area (Å²) in [5.41, 5.74) is 0. The minimum atomic E-state index is -8.89. The molecular weight excluding hydrogens is 633 g/mol. The molecule has 0 aromatic carbocycles. The highest BCUT2D eigenvalue weighted by Gasteiger charge is 2.92. The summed E-state index contributed by atoms with van der Waals surface area (Å²) in [5, 5.41) is 0. The Morgan fingerprint density at radius 3 is 0.816 bits per heavy atom. The lowest BCUT2D eigenvalue weighted by Crippen LogP contribution is -2.70. The van der Waals surface area contributed by atoms with Gasteiger partial charge in [-0.1, -0.05) is 0 Å². The smallest absolute Gasteiger partial charge is 0.192 e. The van der Waals surface area contributed by atoms with Gasteiger partial charge in [0.2, 0.25) is 0 Å². The second kappa shape index (κ2) is 8.71. The molecule has 0 saturated heterocycles. The Labute approximate surface area is 188 Å². The SMILES string of the molecule is F/C(=N\C(F)(F)C(F)(F)C(F)(F)C(F)(F)C(F)(F)C(F)(F)F)C(F)(F)C(F)(F)C(F)(F)C(F)(F)C(F)(F)F. The van der Waals surface area contributed by atoms with Gasteiger partial charge in [-0.2, -0.15) is 115 Å². The standard InChI is InChI=1S/C12F25N/c13-1(2(14,15)3(16,17)4(18,19)7(24,25)10(30,31)32)38-12(36,37)9(28,29)6(22,23)5(20,21)8(26,27)11(33,34)35/b38-1-. The number of hydrogen-bond acceptors (Lipinski definition) is 1. The lowest BCUT2D eigenvalue weighted by atomic mass is 9.96. The van der Waals surface area contributed by atoms with Crippen LogP contribution in [0, 0.1) is 0 Å². The monoisotopic (exact) mass is 633 g/mol. The van der Waals surface area contributed by atoms with Crippen molar-refractivity contribution in [3.63, 3.8) is 0 Å². The average Bonchev–Trinajstić information content (AvgIpc) is 2.64. The molecular formula is C12F25N. The molecule has 1 nitrogen and oxygen atoms in total. The third kappa shape index (κ3) is 4.55. The number of halogens is 25. The molecule has 0 heterocycles. The van der Waals surface area contributed by atoms with Gasteiger partial charge in [0.15, 0.2) is 0 Å². The van der Waals surface area contributed by atoms with E-state index < -0.39 is 76.7 Å². The molecule has 0 aromatic heterocycles. The van der Waals surface area contributed by atoms with Crippen LogP contribution in [0.5, 0.6) is 0 Å². The summed E-state index contributed by atoms with van der Waals surface area (Å²) >= 11 is 0. The minimum Gasteiger partial charge on any atom is -0.192 e. The zero-order valence-corrected chi connectivity index (χ0v) is 15.9. The van der Waals surface area contributed by atoms with Crippen molar-refractivity contribution in [3.8, 4) is 0 Å². The molecule has 228 valence electrons. The lowest BCUT2D eigenvalue weighted by molar-refractivity contribution is -0.439. The van der Waals surface area contributed by atoms with E-state index in [4.69, 9.17) is 0 Å². The number of aliphatic imine (C=N–C) groups is 1. The van der Waals surface area contributed by atoms with E-state index in [1.165, 1.54) is 0 Å². The highest BCUT2D eigenvalue weighted by molar-refractivity contribution is 5.84. The van der Waals surface area contributed by atoms with E-state index in [1.807, 2.05) is 0 Å². The third-order valence-corrected chi connectivity index (χ3v) is 3.95. The van der Waals surface area contributed by atoms with Gasteiger partial charge in [-0.25, -0.2) is 0 Å². The molecule has 0 atom stereocenters. The summed E-state index contributed by atoms with van der Waals surface area (Å²) in [6.45, 7) is 0. The number of nitrogens with zero attached hydrogens (tertiary/aromatic N) is 1. The molecule has 0 aliphatic heterocycles. The van der Waals surface area contributed by atoms with Gasteiger partial charge >= 0.3 is 65.8 Å². The summed E-state index contributed by atoms with van der Waals surface area (Å²) in [7, 11) is 0. The molecule has 0 bridgehead atoms. The maximum absolute atomic E-state index is 13.2. The van der Waals surface area contributed by atoms with Crippen molar-refractivity contribution in [3.05, 3.63) is 0 Å². The van der Waals surface area contributed by atoms with Crippen molar-refractivity contribution in [2.45, 2.75) is 65.8 Å². The van der Waals surface area contributed by atoms with Crippen molar-refractivity contribution in [2.75, 3.05) is 0 Å². The molecule has 0 aliphatic rings. The van der Waals surface area contributed by atoms with E-state index in [2.05, 4.69) is 0 Å². The molecule has 0 amide bonds. The van der Waals surface area contributed by atoms with Crippen LogP contribution in [0.2, 0.25) is 0 Å². The third-order valence-electron chi connectivity index (χ3n) is 3.95. The summed E-state index contributed by atoms with van der Waals surface area (Å²) in [4.78, 5) is -0.462. The molecule has 0 unspecified atom stereocenters. The predicted octanol–water partition coefficient (Wildman–Crippen LogP) is 8.15. The largest absolute Gasteiger partial charge is 0.460 e. The van der Waals surface area contributed by atoms with Gasteiger partial charge in [-0.05, 0) is 0 Å². The van der Waals surface area contributed by atoms with Crippen LogP contribution in [0.25, 0.3) is 0 Å². The Bertz CT molecular complexity index is 898. The van der Waals surface area contributed by atoms with Crippen molar-refractivity contribution >= 4 is 5.97 Å². The van der Waals surface area contributed by atoms with Crippen LogP contribution in [-0.4, -0.2) is 71.7 Å². The topological polar surface area (TPSA) is 12.4 Å². The van der Waals surface area contributed by atoms with Crippen LogP contribution < -0.4 is 0 Å². The van der Waals surface area contributed by atoms with E-state index in [0.29, 0.717) is 0 Å². The zero-order chi connectivity index (χ0) is 31.8. The normalized spacial score (nSPS) is 17.2. The fourth-order valence-electron chi connectivity index (χ4n) is 1.73. The molecule has 0 aromatic rings. The quantitative estimate of drug-likeness (QED) is 0.138. The summed E-state index contributed by atoms with van der Waals surface area (Å²) in [5.74, 6) is -74.6. The summed E-state index contributed by atoms with van der Waals surface area (Å²) in [6.07, 6.45) is -15.9. The van der Waals surface area contributed by atoms with Crippen LogP contribution in [0.1, 0.15) is 0 Å². The first-order chi connectivity index (χ1) is 15.9. The first kappa shape index (κ1) is 35.9. The Hall–Kier alpha value is -2.08. The molecule has 38 heavy (non-hydrogen) atoms. The van der Waals surface area contributed by atoms with E-state index in [1.54, 1.807) is 0 Å². The Morgan fingerprint density at radius 1 is 0.316 bits per heavy atom. The van der Waals surface area contributed by atoms with E-state index in [-0.39, 0.29) is 0 Å². The van der Waals surface area contributed by atoms with Crippen LogP contribution in [0.4, 0.5) is 110 Å². The Balaban J connectivity index is 6.99. The highest BCUT2D eigenvalue weighted by atomic mass is 19.4. The molecule has 26 heteroatoms. The van der Waals surface area contributed by atoms with Gasteiger partial charge in [-0.15, -0.1) is 0 Å². The maximum Gasteiger partial charge on any atom is 0.460 e. The molecule has 0 rings (SSSR count). The lowest BCUT2D eigenvalue weighted by Gasteiger charge is -2.39. The molecule has 0 aliphatic carbocycles. The van der Waals surface area contributed by atoms with E-state index >= 15 is 0 Å². The van der Waals surface area contributed by atoms with Crippen LogP contribution in [-0.2, 0) is 0 Å². The first-order valence-electron chi connectivity index (χ1n) is 7.67. The minimum absolute atomic E-state index is 0.462. The Morgan fingerprint density at radius 2 is 0.553 bits per heavy atom. The number of hydrogen-bond donors (Lipinski definition) is 0. The highest BCUT2D eigenvalue weighted by Crippen LogP contribution is 2.61. The van der Waals surface area contributed by atoms with Gasteiger partial charge in [-0.3, -0.25) is 0 Å². The fraction of sp³-hybridized carbons (Fsp3) is 0.917. The summed E-state index contributed by atoms with van der Waals surface area (Å²) < 4.78 is 318. The first-order valence-corrected chi connectivity index (χ1v) is 7.67. The van der Waals surface area contributed by atoms with Crippen LogP contribution >= 0.6 is 0 Å². The van der Waals surface area contributed by atoms with Crippen molar-refractivity contribution in [2.24, 2.45) is 4.99 Å². The van der Waals surface area contributed by atoms with E-state index in [0.717, 1.165) is 0 Å². The van der Waals surface area contributed by atoms with Gasteiger partial charge in [0.25, 0.3) is 5.97 Å². The van der Waals surface area contributed by atoms with Gasteiger partial charge in [0.05, 0.1) is 0 Å². The maximum atomic E-state index is 13.2. The van der Waals surface area contributed by atoms with Gasteiger partial charge < -0.3 is 0 Å². The van der Waals surface area contributed by atoms with E-state index in [9.17, 15) is 110 Å². The Kier molecular flexibility index (Phi) is 8.23. The number of alkyl halides is 24. The zero-order valence-electron chi connectivity index (χ0n) is 15.9. The van der Waals surface area contributed by atoms with Gasteiger partial charge in [0.1, 0.15) is 0 Å². The predicted molar refractivity (Wildman–Crippen MR) is 65.2 cm³/mol. The molecule has 0 N–H and O–H groups in total. The molecule has 0 spiro atoms. The van der Waals surface area contributed by atoms with Crippen LogP contribution in [0.3, 0.4) is 0 Å². The second-order valence-electron chi connectivity index (χ2n) is 6.53. The van der Waals surface area contributed by atoms with Crippen LogP contribution in [0.15, 0.2) is 4.99 Å². The van der Waals surface area contributed by atoms with Crippen molar-refractivity contribution < 1.29 is 110 Å². The molecule has 0 fully saturated rings. The second-order valence-corrected chi connectivity index (χ2v) is 6.53. The van der Waals surface area contributed by atoms with Crippen molar-refractivity contribution in [1.82, 2.24) is 0 Å². The molecule has 0 saturated carbocycles. The van der Waals surface area contributed by atoms with Gasteiger partial charge in [0, 0.05) is 0 Å². The average molecular weight is 633 g/mol. The fourth-order valence-corrected chi connectivity index (χ4v) is 1.73. The van der Waals surface area contributed by atoms with Crippen molar-refractivity contribution in [1.29, 1.82) is 0 Å². The number of rotatable bonds is 9. The molecule has 0 radical (unpaired) electrons.